The summed E-state index contributed by atoms with van der Waals surface area (Å²) >= 11 is 5.19. The minimum Gasteiger partial charge on any atom is -0.271 e. The minimum absolute atomic E-state index is 0.0339. The lowest BCUT2D eigenvalue weighted by Crippen LogP contribution is -2.30. The van der Waals surface area contributed by atoms with E-state index >= 15 is 0 Å². The van der Waals surface area contributed by atoms with Gasteiger partial charge in [0.15, 0.2) is 0 Å². The molecule has 0 bridgehead atoms. The molecule has 0 fully saturated rings. The predicted molar refractivity (Wildman–Crippen MR) is 73.8 cm³/mol. The van der Waals surface area contributed by atoms with Gasteiger partial charge in [0.2, 0.25) is 0 Å². The fourth-order valence-electron chi connectivity index (χ4n) is 1.82. The molecule has 2 heterocycles. The highest BCUT2D eigenvalue weighted by Crippen LogP contribution is 2.31. The van der Waals surface area contributed by atoms with E-state index in [1.165, 1.54) is 0 Å². The van der Waals surface area contributed by atoms with Crippen LogP contribution in [0.3, 0.4) is 0 Å². The van der Waals surface area contributed by atoms with Crippen LogP contribution >= 0.6 is 27.3 Å². The van der Waals surface area contributed by atoms with Gasteiger partial charge in [0.25, 0.3) is 0 Å². The Bertz CT molecular complexity index is 505. The molecular weight excluding hydrogens is 300 g/mol. The molecule has 0 aromatic carbocycles. The molecule has 0 aliphatic rings. The zero-order chi connectivity index (χ0) is 12.4. The first-order valence-electron chi connectivity index (χ1n) is 5.37. The molecule has 0 spiro atoms. The predicted octanol–water partition coefficient (Wildman–Crippen LogP) is 2.36. The molecule has 17 heavy (non-hydrogen) atoms. The highest BCUT2D eigenvalue weighted by atomic mass is 79.9. The number of hydrazine groups is 1. The van der Waals surface area contributed by atoms with Crippen LogP contribution in [0.15, 0.2) is 21.3 Å². The van der Waals surface area contributed by atoms with Crippen LogP contribution in [-0.4, -0.2) is 9.78 Å². The Morgan fingerprint density at radius 3 is 2.82 bits per heavy atom. The molecule has 2 rings (SSSR count). The zero-order valence-electron chi connectivity index (χ0n) is 9.77. The molecule has 0 aliphatic heterocycles. The Hall–Kier alpha value is -0.690. The fraction of sp³-hybridized carbons (Fsp3) is 0.364. The first-order chi connectivity index (χ1) is 8.17. The molecule has 6 heteroatoms. The molecule has 0 amide bonds. The monoisotopic (exact) mass is 314 g/mol. The molecule has 4 nitrogen and oxygen atoms in total. The average Bonchev–Trinajstić information content (AvgIpc) is 2.88. The van der Waals surface area contributed by atoms with Gasteiger partial charge < -0.3 is 0 Å². The van der Waals surface area contributed by atoms with E-state index in [0.29, 0.717) is 0 Å². The first kappa shape index (κ1) is 12.8. The smallest absolute Gasteiger partial charge is 0.0897 e. The van der Waals surface area contributed by atoms with E-state index in [1.807, 2.05) is 11.7 Å². The van der Waals surface area contributed by atoms with Crippen molar-refractivity contribution in [2.75, 3.05) is 0 Å². The van der Waals surface area contributed by atoms with E-state index in [-0.39, 0.29) is 6.04 Å². The van der Waals surface area contributed by atoms with Crippen LogP contribution in [0, 0.1) is 0 Å². The van der Waals surface area contributed by atoms with Gasteiger partial charge in [0, 0.05) is 22.5 Å². The van der Waals surface area contributed by atoms with Crippen molar-refractivity contribution < 1.29 is 0 Å². The molecule has 0 saturated heterocycles. The second kappa shape index (κ2) is 5.30. The third-order valence-corrected chi connectivity index (χ3v) is 4.50. The molecule has 0 saturated carbocycles. The van der Waals surface area contributed by atoms with Crippen LogP contribution in [0.5, 0.6) is 0 Å². The molecule has 2 aromatic rings. The Morgan fingerprint density at radius 2 is 2.35 bits per heavy atom. The van der Waals surface area contributed by atoms with Crippen molar-refractivity contribution in [2.24, 2.45) is 12.9 Å². The molecule has 0 radical (unpaired) electrons. The number of hydrogen-bond acceptors (Lipinski definition) is 4. The fourth-order valence-corrected chi connectivity index (χ4v) is 3.37. The highest BCUT2D eigenvalue weighted by molar-refractivity contribution is 9.10. The number of aryl methyl sites for hydroxylation is 2. The molecule has 1 atom stereocenters. The van der Waals surface area contributed by atoms with Gasteiger partial charge in [-0.25, -0.2) is 5.43 Å². The first-order valence-corrected chi connectivity index (χ1v) is 7.11. The SMILES string of the molecule is CCc1cc(C(NN)c2cscc2Br)n(C)n1. The van der Waals surface area contributed by atoms with Gasteiger partial charge in [-0.3, -0.25) is 10.5 Å². The van der Waals surface area contributed by atoms with Crippen LogP contribution in [0.2, 0.25) is 0 Å². The summed E-state index contributed by atoms with van der Waals surface area (Å²) < 4.78 is 2.96. The lowest BCUT2D eigenvalue weighted by atomic mass is 10.1. The van der Waals surface area contributed by atoms with Crippen molar-refractivity contribution in [3.05, 3.63) is 38.3 Å². The van der Waals surface area contributed by atoms with Crippen molar-refractivity contribution in [1.82, 2.24) is 15.2 Å². The number of thiophene rings is 1. The second-order valence-corrected chi connectivity index (χ2v) is 5.41. The Labute approximate surface area is 113 Å². The summed E-state index contributed by atoms with van der Waals surface area (Å²) in [5, 5.41) is 8.59. The molecule has 2 aromatic heterocycles. The normalized spacial score (nSPS) is 12.9. The summed E-state index contributed by atoms with van der Waals surface area (Å²) in [5.41, 5.74) is 6.15. The third kappa shape index (κ3) is 2.44. The summed E-state index contributed by atoms with van der Waals surface area (Å²) in [6.45, 7) is 2.09. The van der Waals surface area contributed by atoms with Crippen molar-refractivity contribution in [3.63, 3.8) is 0 Å². The van der Waals surface area contributed by atoms with Gasteiger partial charge in [-0.1, -0.05) is 6.92 Å². The summed E-state index contributed by atoms with van der Waals surface area (Å²) in [5.74, 6) is 5.68. The number of nitrogens with zero attached hydrogens (tertiary/aromatic N) is 2. The van der Waals surface area contributed by atoms with Crippen LogP contribution in [0.25, 0.3) is 0 Å². The van der Waals surface area contributed by atoms with Crippen molar-refractivity contribution in [2.45, 2.75) is 19.4 Å². The Kier molecular flexibility index (Phi) is 3.98. The standard InChI is InChI=1S/C11H15BrN4S/c1-3-7-4-10(16(2)15-7)11(14-13)8-5-17-6-9(8)12/h4-6,11,14H,3,13H2,1-2H3. The van der Waals surface area contributed by atoms with Crippen molar-refractivity contribution in [1.29, 1.82) is 0 Å². The van der Waals surface area contributed by atoms with Gasteiger partial charge in [-0.05, 0) is 33.8 Å². The van der Waals surface area contributed by atoms with E-state index < -0.39 is 0 Å². The van der Waals surface area contributed by atoms with E-state index in [0.717, 1.165) is 27.8 Å². The van der Waals surface area contributed by atoms with Crippen molar-refractivity contribution in [3.8, 4) is 0 Å². The van der Waals surface area contributed by atoms with Gasteiger partial charge >= 0.3 is 0 Å². The lowest BCUT2D eigenvalue weighted by Gasteiger charge is -2.15. The summed E-state index contributed by atoms with van der Waals surface area (Å²) in [7, 11) is 1.94. The Balaban J connectivity index is 2.42. The molecule has 1 unspecified atom stereocenters. The van der Waals surface area contributed by atoms with Crippen LogP contribution in [0.4, 0.5) is 0 Å². The number of hydrogen-bond donors (Lipinski definition) is 2. The number of nitrogens with two attached hydrogens (primary N) is 1. The van der Waals surface area contributed by atoms with Gasteiger partial charge in [-0.15, -0.1) is 0 Å². The molecule has 92 valence electrons. The van der Waals surface area contributed by atoms with E-state index in [4.69, 9.17) is 5.84 Å². The number of nitrogens with one attached hydrogen (secondary N) is 1. The quantitative estimate of drug-likeness (QED) is 0.673. The van der Waals surface area contributed by atoms with Gasteiger partial charge in [-0.2, -0.15) is 16.4 Å². The largest absolute Gasteiger partial charge is 0.271 e. The Morgan fingerprint density at radius 1 is 1.59 bits per heavy atom. The van der Waals surface area contributed by atoms with Crippen LogP contribution in [0.1, 0.15) is 29.9 Å². The maximum Gasteiger partial charge on any atom is 0.0897 e. The summed E-state index contributed by atoms with van der Waals surface area (Å²) in [6.07, 6.45) is 0.927. The molecular formula is C11H15BrN4S. The minimum atomic E-state index is -0.0339. The van der Waals surface area contributed by atoms with E-state index in [2.05, 4.69) is 50.2 Å². The summed E-state index contributed by atoms with van der Waals surface area (Å²) in [4.78, 5) is 0. The van der Waals surface area contributed by atoms with E-state index in [1.54, 1.807) is 11.3 Å². The molecule has 3 N–H and O–H groups in total. The number of aromatic nitrogens is 2. The van der Waals surface area contributed by atoms with Gasteiger partial charge in [0.1, 0.15) is 0 Å². The lowest BCUT2D eigenvalue weighted by molar-refractivity contribution is 0.573. The molecule has 0 aliphatic carbocycles. The van der Waals surface area contributed by atoms with Crippen molar-refractivity contribution >= 4 is 27.3 Å². The highest BCUT2D eigenvalue weighted by Gasteiger charge is 2.20. The van der Waals surface area contributed by atoms with Crippen LogP contribution < -0.4 is 11.3 Å². The average molecular weight is 315 g/mol. The maximum atomic E-state index is 5.68. The number of halogens is 1. The van der Waals surface area contributed by atoms with E-state index in [9.17, 15) is 0 Å². The van der Waals surface area contributed by atoms with Gasteiger partial charge in [0.05, 0.1) is 17.4 Å². The maximum absolute atomic E-state index is 5.68. The topological polar surface area (TPSA) is 55.9 Å². The van der Waals surface area contributed by atoms with Crippen LogP contribution in [-0.2, 0) is 13.5 Å². The third-order valence-electron chi connectivity index (χ3n) is 2.74. The number of rotatable bonds is 4. The zero-order valence-corrected chi connectivity index (χ0v) is 12.2. The summed E-state index contributed by atoms with van der Waals surface area (Å²) in [6, 6.07) is 2.06. The second-order valence-electron chi connectivity index (χ2n) is 3.81.